The minimum Gasteiger partial charge on any atom is -0.486 e. The van der Waals surface area contributed by atoms with Crippen molar-refractivity contribution in [2.45, 2.75) is 46.3 Å². The Kier molecular flexibility index (Phi) is 5.29. The topological polar surface area (TPSA) is 21.3 Å². The van der Waals surface area contributed by atoms with Gasteiger partial charge in [-0.25, -0.2) is 8.78 Å². The second kappa shape index (κ2) is 6.33. The van der Waals surface area contributed by atoms with Crippen LogP contribution in [0.2, 0.25) is 0 Å². The summed E-state index contributed by atoms with van der Waals surface area (Å²) < 4.78 is 32.1. The van der Waals surface area contributed by atoms with E-state index in [0.717, 1.165) is 6.07 Å². The highest BCUT2D eigenvalue weighted by Gasteiger charge is 2.20. The molecule has 108 valence electrons. The number of halogens is 2. The largest absolute Gasteiger partial charge is 0.486 e. The summed E-state index contributed by atoms with van der Waals surface area (Å²) in [7, 11) is 0. The van der Waals surface area contributed by atoms with E-state index < -0.39 is 11.6 Å². The monoisotopic (exact) mass is 271 g/mol. The molecule has 0 aliphatic carbocycles. The maximum atomic E-state index is 13.6. The minimum absolute atomic E-state index is 0.0299. The number of rotatable bonds is 5. The number of hydrogen-bond donors (Lipinski definition) is 1. The third-order valence-electron chi connectivity index (χ3n) is 2.75. The van der Waals surface area contributed by atoms with Gasteiger partial charge in [-0.3, -0.25) is 0 Å². The van der Waals surface area contributed by atoms with E-state index in [1.165, 1.54) is 12.1 Å². The van der Waals surface area contributed by atoms with Crippen molar-refractivity contribution in [2.75, 3.05) is 6.54 Å². The smallest absolute Gasteiger partial charge is 0.167 e. The molecule has 1 unspecified atom stereocenters. The van der Waals surface area contributed by atoms with Crippen molar-refractivity contribution in [1.82, 2.24) is 5.32 Å². The maximum absolute atomic E-state index is 13.6. The first kappa shape index (κ1) is 15.9. The van der Waals surface area contributed by atoms with Crippen molar-refractivity contribution in [1.29, 1.82) is 0 Å². The first-order valence-corrected chi connectivity index (χ1v) is 6.56. The van der Waals surface area contributed by atoms with Crippen LogP contribution in [0.5, 0.6) is 5.75 Å². The van der Waals surface area contributed by atoms with Crippen LogP contribution in [0.4, 0.5) is 8.78 Å². The Hall–Kier alpha value is -1.16. The first-order valence-electron chi connectivity index (χ1n) is 6.56. The van der Waals surface area contributed by atoms with Gasteiger partial charge in [0.05, 0.1) is 0 Å². The molecule has 0 radical (unpaired) electrons. The second-order valence-electron chi connectivity index (χ2n) is 6.11. The van der Waals surface area contributed by atoms with Gasteiger partial charge in [-0.15, -0.1) is 0 Å². The number of hydrogen-bond acceptors (Lipinski definition) is 2. The molecule has 1 rings (SSSR count). The standard InChI is InChI=1S/C15H23F2NO/c1-10(2)14(9-18-15(3,4)5)19-13-7-6-11(16)8-12(13)17/h6-8,10,14,18H,9H2,1-5H3. The molecule has 0 aliphatic heterocycles. The van der Waals surface area contributed by atoms with E-state index >= 15 is 0 Å². The number of benzene rings is 1. The lowest BCUT2D eigenvalue weighted by Gasteiger charge is -2.28. The molecule has 19 heavy (non-hydrogen) atoms. The highest BCUT2D eigenvalue weighted by atomic mass is 19.1. The highest BCUT2D eigenvalue weighted by Crippen LogP contribution is 2.21. The summed E-state index contributed by atoms with van der Waals surface area (Å²) in [6.07, 6.45) is -0.167. The van der Waals surface area contributed by atoms with E-state index in [1.54, 1.807) is 0 Å². The van der Waals surface area contributed by atoms with E-state index in [4.69, 9.17) is 4.74 Å². The van der Waals surface area contributed by atoms with Crippen molar-refractivity contribution < 1.29 is 13.5 Å². The second-order valence-corrected chi connectivity index (χ2v) is 6.11. The number of ether oxygens (including phenoxy) is 1. The zero-order valence-electron chi connectivity index (χ0n) is 12.3. The average Bonchev–Trinajstić information content (AvgIpc) is 2.24. The summed E-state index contributed by atoms with van der Waals surface area (Å²) >= 11 is 0. The lowest BCUT2D eigenvalue weighted by Crippen LogP contribution is -2.44. The molecule has 4 heteroatoms. The van der Waals surface area contributed by atoms with Crippen molar-refractivity contribution in [2.24, 2.45) is 5.92 Å². The van der Waals surface area contributed by atoms with Gasteiger partial charge in [0, 0.05) is 18.2 Å². The van der Waals surface area contributed by atoms with Gasteiger partial charge < -0.3 is 10.1 Å². The van der Waals surface area contributed by atoms with Gasteiger partial charge in [-0.2, -0.15) is 0 Å². The van der Waals surface area contributed by atoms with Crippen LogP contribution < -0.4 is 10.1 Å². The Balaban J connectivity index is 2.73. The quantitative estimate of drug-likeness (QED) is 0.880. The molecule has 2 nitrogen and oxygen atoms in total. The van der Waals surface area contributed by atoms with Crippen LogP contribution >= 0.6 is 0 Å². The normalized spacial score (nSPS) is 13.7. The lowest BCUT2D eigenvalue weighted by molar-refractivity contribution is 0.134. The molecule has 0 bridgehead atoms. The van der Waals surface area contributed by atoms with Crippen molar-refractivity contribution in [3.8, 4) is 5.75 Å². The fraction of sp³-hybridized carbons (Fsp3) is 0.600. The van der Waals surface area contributed by atoms with Gasteiger partial charge in [-0.1, -0.05) is 13.8 Å². The summed E-state index contributed by atoms with van der Waals surface area (Å²) in [4.78, 5) is 0. The van der Waals surface area contributed by atoms with Crippen LogP contribution in [-0.2, 0) is 0 Å². The van der Waals surface area contributed by atoms with E-state index in [2.05, 4.69) is 26.1 Å². The molecule has 1 aromatic carbocycles. The third kappa shape index (κ3) is 5.55. The third-order valence-corrected chi connectivity index (χ3v) is 2.75. The molecule has 0 saturated heterocycles. The molecule has 0 spiro atoms. The van der Waals surface area contributed by atoms with E-state index in [0.29, 0.717) is 6.54 Å². The van der Waals surface area contributed by atoms with Gasteiger partial charge in [0.1, 0.15) is 11.9 Å². The fourth-order valence-electron chi connectivity index (χ4n) is 1.55. The first-order chi connectivity index (χ1) is 8.69. The molecule has 0 aliphatic rings. The summed E-state index contributed by atoms with van der Waals surface area (Å²) in [5.74, 6) is -0.949. The fourth-order valence-corrected chi connectivity index (χ4v) is 1.55. The lowest BCUT2D eigenvalue weighted by atomic mass is 10.0. The summed E-state index contributed by atoms with van der Waals surface area (Å²) in [5, 5.41) is 3.33. The van der Waals surface area contributed by atoms with Crippen LogP contribution in [0, 0.1) is 17.6 Å². The SMILES string of the molecule is CC(C)C(CNC(C)(C)C)Oc1ccc(F)cc1F. The molecule has 0 saturated carbocycles. The summed E-state index contributed by atoms with van der Waals surface area (Å²) in [6.45, 7) is 10.8. The highest BCUT2D eigenvalue weighted by molar-refractivity contribution is 5.25. The van der Waals surface area contributed by atoms with Crippen molar-refractivity contribution >= 4 is 0 Å². The molecule has 1 aromatic rings. The van der Waals surface area contributed by atoms with E-state index in [1.807, 2.05) is 13.8 Å². The zero-order chi connectivity index (χ0) is 14.6. The predicted molar refractivity (Wildman–Crippen MR) is 73.4 cm³/mol. The Morgan fingerprint density at radius 1 is 1.21 bits per heavy atom. The summed E-state index contributed by atoms with van der Waals surface area (Å²) in [5.41, 5.74) is -0.0299. The Morgan fingerprint density at radius 2 is 1.84 bits per heavy atom. The van der Waals surface area contributed by atoms with E-state index in [9.17, 15) is 8.78 Å². The van der Waals surface area contributed by atoms with Gasteiger partial charge in [0.2, 0.25) is 0 Å². The molecule has 1 atom stereocenters. The van der Waals surface area contributed by atoms with Crippen LogP contribution in [-0.4, -0.2) is 18.2 Å². The predicted octanol–water partition coefficient (Wildman–Crippen LogP) is 3.76. The number of nitrogens with one attached hydrogen (secondary N) is 1. The Bertz CT molecular complexity index is 413. The molecule has 0 fully saturated rings. The van der Waals surface area contributed by atoms with Gasteiger partial charge >= 0.3 is 0 Å². The maximum Gasteiger partial charge on any atom is 0.167 e. The van der Waals surface area contributed by atoms with Crippen LogP contribution in [0.3, 0.4) is 0 Å². The summed E-state index contributed by atoms with van der Waals surface area (Å²) in [6, 6.07) is 3.37. The molecule has 0 amide bonds. The van der Waals surface area contributed by atoms with Gasteiger partial charge in [0.25, 0.3) is 0 Å². The van der Waals surface area contributed by atoms with E-state index in [-0.39, 0.29) is 23.3 Å². The molecule has 0 heterocycles. The van der Waals surface area contributed by atoms with Crippen LogP contribution in [0.1, 0.15) is 34.6 Å². The zero-order valence-corrected chi connectivity index (χ0v) is 12.3. The Labute approximate surface area is 114 Å². The van der Waals surface area contributed by atoms with Crippen LogP contribution in [0.15, 0.2) is 18.2 Å². The van der Waals surface area contributed by atoms with Crippen molar-refractivity contribution in [3.05, 3.63) is 29.8 Å². The van der Waals surface area contributed by atoms with Crippen LogP contribution in [0.25, 0.3) is 0 Å². The van der Waals surface area contributed by atoms with Crippen molar-refractivity contribution in [3.63, 3.8) is 0 Å². The molecule has 1 N–H and O–H groups in total. The van der Waals surface area contributed by atoms with Gasteiger partial charge in [0.15, 0.2) is 11.6 Å². The Morgan fingerprint density at radius 3 is 2.32 bits per heavy atom. The minimum atomic E-state index is -0.665. The molecule has 0 aromatic heterocycles. The molecular formula is C15H23F2NO. The molecular weight excluding hydrogens is 248 g/mol. The van der Waals surface area contributed by atoms with Gasteiger partial charge in [-0.05, 0) is 38.8 Å². The average molecular weight is 271 g/mol.